The third-order valence-electron chi connectivity index (χ3n) is 2.76. The van der Waals surface area contributed by atoms with Crippen LogP contribution in [0.1, 0.15) is 24.2 Å². The highest BCUT2D eigenvalue weighted by atomic mass is 16.3. The Hall–Kier alpha value is -0.900. The summed E-state index contributed by atoms with van der Waals surface area (Å²) in [5.41, 5.74) is 2.13. The molecule has 0 fully saturated rings. The zero-order valence-corrected chi connectivity index (χ0v) is 10.1. The first-order chi connectivity index (χ1) is 7.67. The van der Waals surface area contributed by atoms with Crippen molar-refractivity contribution in [2.24, 2.45) is 0 Å². The van der Waals surface area contributed by atoms with Gasteiger partial charge in [0.05, 0.1) is 12.7 Å². The van der Waals surface area contributed by atoms with Crippen LogP contribution < -0.4 is 0 Å². The third kappa shape index (κ3) is 3.93. The lowest BCUT2D eigenvalue weighted by atomic mass is 10.1. The molecule has 90 valence electrons. The standard InChI is InChI=1S/C13H21NO2/c1-3-14(8-9-15)10-13(16)12-6-4-11(2)5-7-12/h4-7,13,15-16H,3,8-10H2,1-2H3. The molecule has 16 heavy (non-hydrogen) atoms. The molecule has 0 saturated carbocycles. The van der Waals surface area contributed by atoms with Gasteiger partial charge >= 0.3 is 0 Å². The van der Waals surface area contributed by atoms with Gasteiger partial charge in [-0.3, -0.25) is 4.90 Å². The second-order valence-corrected chi connectivity index (χ2v) is 4.04. The van der Waals surface area contributed by atoms with E-state index in [4.69, 9.17) is 5.11 Å². The Morgan fingerprint density at radius 3 is 2.38 bits per heavy atom. The van der Waals surface area contributed by atoms with Crippen LogP contribution in [0.4, 0.5) is 0 Å². The topological polar surface area (TPSA) is 43.7 Å². The second-order valence-electron chi connectivity index (χ2n) is 4.04. The molecule has 0 aliphatic rings. The van der Waals surface area contributed by atoms with E-state index in [9.17, 15) is 5.11 Å². The van der Waals surface area contributed by atoms with Crippen LogP contribution in [0, 0.1) is 6.92 Å². The van der Waals surface area contributed by atoms with E-state index < -0.39 is 6.10 Å². The molecule has 1 aromatic carbocycles. The summed E-state index contributed by atoms with van der Waals surface area (Å²) in [4.78, 5) is 2.03. The van der Waals surface area contributed by atoms with Gasteiger partial charge in [-0.05, 0) is 19.0 Å². The van der Waals surface area contributed by atoms with E-state index in [0.29, 0.717) is 13.1 Å². The summed E-state index contributed by atoms with van der Waals surface area (Å²) in [6.07, 6.45) is -0.480. The summed E-state index contributed by atoms with van der Waals surface area (Å²) in [5.74, 6) is 0. The van der Waals surface area contributed by atoms with E-state index in [1.165, 1.54) is 5.56 Å². The van der Waals surface area contributed by atoms with E-state index in [-0.39, 0.29) is 6.61 Å². The Morgan fingerprint density at radius 1 is 1.25 bits per heavy atom. The molecule has 0 aliphatic heterocycles. The predicted octanol–water partition coefficient (Wildman–Crippen LogP) is 1.34. The van der Waals surface area contributed by atoms with E-state index >= 15 is 0 Å². The maximum Gasteiger partial charge on any atom is 0.0916 e. The summed E-state index contributed by atoms with van der Waals surface area (Å²) in [6, 6.07) is 7.90. The third-order valence-corrected chi connectivity index (χ3v) is 2.76. The van der Waals surface area contributed by atoms with Gasteiger partial charge in [0.15, 0.2) is 0 Å². The maximum absolute atomic E-state index is 10.0. The summed E-state index contributed by atoms with van der Waals surface area (Å²) in [5, 5.41) is 18.9. The minimum atomic E-state index is -0.480. The van der Waals surface area contributed by atoms with Crippen molar-refractivity contribution in [2.45, 2.75) is 20.0 Å². The van der Waals surface area contributed by atoms with Crippen molar-refractivity contribution in [1.82, 2.24) is 4.90 Å². The largest absolute Gasteiger partial charge is 0.395 e. The van der Waals surface area contributed by atoms with Crippen molar-refractivity contribution < 1.29 is 10.2 Å². The number of likely N-dealkylation sites (N-methyl/N-ethyl adjacent to an activating group) is 1. The van der Waals surface area contributed by atoms with Gasteiger partial charge in [-0.25, -0.2) is 0 Å². The van der Waals surface area contributed by atoms with Crippen LogP contribution in [-0.4, -0.2) is 41.4 Å². The van der Waals surface area contributed by atoms with Gasteiger partial charge in [-0.1, -0.05) is 36.8 Å². The van der Waals surface area contributed by atoms with E-state index in [1.807, 2.05) is 43.0 Å². The van der Waals surface area contributed by atoms with Gasteiger partial charge in [0, 0.05) is 13.1 Å². The van der Waals surface area contributed by atoms with Crippen LogP contribution in [0.5, 0.6) is 0 Å². The summed E-state index contributed by atoms with van der Waals surface area (Å²) in [7, 11) is 0. The van der Waals surface area contributed by atoms with Gasteiger partial charge < -0.3 is 10.2 Å². The van der Waals surface area contributed by atoms with E-state index in [0.717, 1.165) is 12.1 Å². The molecule has 0 amide bonds. The average Bonchev–Trinajstić information content (AvgIpc) is 2.29. The Kier molecular flexibility index (Phi) is 5.46. The molecule has 0 aliphatic carbocycles. The fourth-order valence-electron chi connectivity index (χ4n) is 1.66. The van der Waals surface area contributed by atoms with E-state index in [1.54, 1.807) is 0 Å². The number of nitrogens with zero attached hydrogens (tertiary/aromatic N) is 1. The molecule has 0 heterocycles. The number of hydrogen-bond acceptors (Lipinski definition) is 3. The minimum absolute atomic E-state index is 0.133. The zero-order valence-electron chi connectivity index (χ0n) is 10.1. The second kappa shape index (κ2) is 6.63. The number of aryl methyl sites for hydroxylation is 1. The van der Waals surface area contributed by atoms with Crippen molar-refractivity contribution in [2.75, 3.05) is 26.2 Å². The first kappa shape index (κ1) is 13.2. The van der Waals surface area contributed by atoms with Gasteiger partial charge in [0.25, 0.3) is 0 Å². The summed E-state index contributed by atoms with van der Waals surface area (Å²) < 4.78 is 0. The SMILES string of the molecule is CCN(CCO)CC(O)c1ccc(C)cc1. The lowest BCUT2D eigenvalue weighted by Crippen LogP contribution is -2.31. The van der Waals surface area contributed by atoms with Crippen LogP contribution in [0.3, 0.4) is 0 Å². The van der Waals surface area contributed by atoms with Crippen molar-refractivity contribution in [3.05, 3.63) is 35.4 Å². The first-order valence-corrected chi connectivity index (χ1v) is 5.75. The fraction of sp³-hybridized carbons (Fsp3) is 0.538. The molecule has 1 aromatic rings. The predicted molar refractivity (Wildman–Crippen MR) is 65.3 cm³/mol. The number of hydrogen-bond donors (Lipinski definition) is 2. The first-order valence-electron chi connectivity index (χ1n) is 5.75. The van der Waals surface area contributed by atoms with Crippen LogP contribution in [-0.2, 0) is 0 Å². The molecular weight excluding hydrogens is 202 g/mol. The Bertz CT molecular complexity index is 297. The molecule has 0 spiro atoms. The normalized spacial score (nSPS) is 13.1. The number of benzene rings is 1. The quantitative estimate of drug-likeness (QED) is 0.765. The van der Waals surface area contributed by atoms with Gasteiger partial charge in [0.1, 0.15) is 0 Å². The molecular formula is C13H21NO2. The fourth-order valence-corrected chi connectivity index (χ4v) is 1.66. The van der Waals surface area contributed by atoms with Crippen molar-refractivity contribution >= 4 is 0 Å². The van der Waals surface area contributed by atoms with Crippen molar-refractivity contribution in [1.29, 1.82) is 0 Å². The zero-order chi connectivity index (χ0) is 12.0. The van der Waals surface area contributed by atoms with Gasteiger partial charge in [0.2, 0.25) is 0 Å². The maximum atomic E-state index is 10.0. The average molecular weight is 223 g/mol. The molecule has 0 radical (unpaired) electrons. The number of rotatable bonds is 6. The smallest absolute Gasteiger partial charge is 0.0916 e. The van der Waals surface area contributed by atoms with Crippen LogP contribution in [0.2, 0.25) is 0 Å². The van der Waals surface area contributed by atoms with Crippen molar-refractivity contribution in [3.63, 3.8) is 0 Å². The van der Waals surface area contributed by atoms with Crippen LogP contribution in [0.25, 0.3) is 0 Å². The van der Waals surface area contributed by atoms with Crippen molar-refractivity contribution in [3.8, 4) is 0 Å². The monoisotopic (exact) mass is 223 g/mol. The molecule has 3 heteroatoms. The molecule has 0 aromatic heterocycles. The highest BCUT2D eigenvalue weighted by molar-refractivity contribution is 5.23. The number of aliphatic hydroxyl groups is 2. The highest BCUT2D eigenvalue weighted by Crippen LogP contribution is 2.14. The lowest BCUT2D eigenvalue weighted by Gasteiger charge is -2.22. The number of aliphatic hydroxyl groups excluding tert-OH is 2. The molecule has 1 rings (SSSR count). The van der Waals surface area contributed by atoms with Crippen LogP contribution in [0.15, 0.2) is 24.3 Å². The van der Waals surface area contributed by atoms with Crippen LogP contribution >= 0.6 is 0 Å². The molecule has 2 N–H and O–H groups in total. The lowest BCUT2D eigenvalue weighted by molar-refractivity contribution is 0.103. The molecule has 3 nitrogen and oxygen atoms in total. The summed E-state index contributed by atoms with van der Waals surface area (Å²) in [6.45, 7) is 6.20. The van der Waals surface area contributed by atoms with Gasteiger partial charge in [-0.15, -0.1) is 0 Å². The molecule has 0 saturated heterocycles. The Balaban J connectivity index is 2.56. The van der Waals surface area contributed by atoms with E-state index in [2.05, 4.69) is 0 Å². The molecule has 0 bridgehead atoms. The minimum Gasteiger partial charge on any atom is -0.395 e. The Labute approximate surface area is 97.3 Å². The molecule has 1 atom stereocenters. The Morgan fingerprint density at radius 2 is 1.88 bits per heavy atom. The highest BCUT2D eigenvalue weighted by Gasteiger charge is 2.11. The summed E-state index contributed by atoms with van der Waals surface area (Å²) >= 11 is 0. The van der Waals surface area contributed by atoms with Gasteiger partial charge in [-0.2, -0.15) is 0 Å². The molecule has 1 unspecified atom stereocenters.